The second-order valence-electron chi connectivity index (χ2n) is 5.02. The number of hydrogen-bond acceptors (Lipinski definition) is 4. The number of nitrogens with zero attached hydrogens (tertiary/aromatic N) is 2. The molecule has 0 bridgehead atoms. The lowest BCUT2D eigenvalue weighted by Crippen LogP contribution is -2.29. The van der Waals surface area contributed by atoms with E-state index in [1.807, 2.05) is 24.3 Å². The molecule has 0 amide bonds. The fraction of sp³-hybridized carbons (Fsp3) is 0.533. The quantitative estimate of drug-likeness (QED) is 0.868. The van der Waals surface area contributed by atoms with E-state index in [0.717, 1.165) is 18.8 Å². The largest absolute Gasteiger partial charge is 0.389 e. The van der Waals surface area contributed by atoms with E-state index in [-0.39, 0.29) is 6.42 Å². The highest BCUT2D eigenvalue weighted by Gasteiger charge is 2.19. The van der Waals surface area contributed by atoms with Crippen LogP contribution < -0.4 is 4.90 Å². The fourth-order valence-electron chi connectivity index (χ4n) is 2.48. The Morgan fingerprint density at radius 2 is 1.95 bits per heavy atom. The first-order valence-electron chi connectivity index (χ1n) is 6.80. The van der Waals surface area contributed by atoms with E-state index in [4.69, 9.17) is 5.26 Å². The highest BCUT2D eigenvalue weighted by atomic mass is 16.3. The molecule has 1 aromatic rings. The molecule has 1 aliphatic heterocycles. The first-order chi connectivity index (χ1) is 9.22. The molecule has 1 fully saturated rings. The van der Waals surface area contributed by atoms with Gasteiger partial charge in [-0.2, -0.15) is 5.26 Å². The van der Waals surface area contributed by atoms with Gasteiger partial charge in [0.15, 0.2) is 0 Å². The SMILES string of the molecule is N#CCC(O)C(O)c1cccc(N2CCCCC2)c1. The van der Waals surface area contributed by atoms with E-state index in [1.165, 1.54) is 19.3 Å². The average molecular weight is 260 g/mol. The zero-order valence-electron chi connectivity index (χ0n) is 11.0. The van der Waals surface area contributed by atoms with Crippen LogP contribution in [0, 0.1) is 11.3 Å². The van der Waals surface area contributed by atoms with Gasteiger partial charge in [0, 0.05) is 18.8 Å². The number of aliphatic hydroxyl groups excluding tert-OH is 2. The molecule has 1 heterocycles. The van der Waals surface area contributed by atoms with Gasteiger partial charge >= 0.3 is 0 Å². The number of benzene rings is 1. The van der Waals surface area contributed by atoms with Gasteiger partial charge in [0.05, 0.1) is 18.6 Å². The van der Waals surface area contributed by atoms with Crippen molar-refractivity contribution >= 4 is 5.69 Å². The molecule has 19 heavy (non-hydrogen) atoms. The molecule has 1 aliphatic rings. The molecular formula is C15H20N2O2. The number of nitriles is 1. The van der Waals surface area contributed by atoms with Gasteiger partial charge in [-0.15, -0.1) is 0 Å². The summed E-state index contributed by atoms with van der Waals surface area (Å²) in [5.74, 6) is 0. The molecular weight excluding hydrogens is 240 g/mol. The van der Waals surface area contributed by atoms with Crippen molar-refractivity contribution in [3.05, 3.63) is 29.8 Å². The first-order valence-corrected chi connectivity index (χ1v) is 6.80. The predicted octanol–water partition coefficient (Wildman–Crippen LogP) is 1.98. The van der Waals surface area contributed by atoms with Gasteiger partial charge in [-0.1, -0.05) is 12.1 Å². The number of piperidine rings is 1. The van der Waals surface area contributed by atoms with E-state index in [2.05, 4.69) is 4.90 Å². The lowest BCUT2D eigenvalue weighted by atomic mass is 10.0. The van der Waals surface area contributed by atoms with Crippen molar-refractivity contribution in [2.75, 3.05) is 18.0 Å². The lowest BCUT2D eigenvalue weighted by Gasteiger charge is -2.29. The molecule has 2 unspecified atom stereocenters. The highest BCUT2D eigenvalue weighted by molar-refractivity contribution is 5.49. The molecule has 4 heteroatoms. The maximum atomic E-state index is 10.0. The Bertz CT molecular complexity index is 450. The summed E-state index contributed by atoms with van der Waals surface area (Å²) >= 11 is 0. The fourth-order valence-corrected chi connectivity index (χ4v) is 2.48. The zero-order chi connectivity index (χ0) is 13.7. The molecule has 0 spiro atoms. The van der Waals surface area contributed by atoms with Crippen molar-refractivity contribution in [1.29, 1.82) is 5.26 Å². The molecule has 2 atom stereocenters. The average Bonchev–Trinajstić information content (AvgIpc) is 2.48. The summed E-state index contributed by atoms with van der Waals surface area (Å²) in [4.78, 5) is 2.30. The molecule has 1 saturated heterocycles. The van der Waals surface area contributed by atoms with Crippen LogP contribution in [0.5, 0.6) is 0 Å². The molecule has 2 N–H and O–H groups in total. The molecule has 2 rings (SSSR count). The van der Waals surface area contributed by atoms with E-state index in [1.54, 1.807) is 6.07 Å². The minimum atomic E-state index is -1.03. The van der Waals surface area contributed by atoms with Crippen molar-refractivity contribution in [1.82, 2.24) is 0 Å². The van der Waals surface area contributed by atoms with Gasteiger partial charge < -0.3 is 15.1 Å². The van der Waals surface area contributed by atoms with Gasteiger partial charge in [0.2, 0.25) is 0 Å². The summed E-state index contributed by atoms with van der Waals surface area (Å²) in [6.07, 6.45) is 1.59. The van der Waals surface area contributed by atoms with Gasteiger partial charge in [-0.05, 0) is 37.0 Å². The van der Waals surface area contributed by atoms with Gasteiger partial charge in [-0.3, -0.25) is 0 Å². The number of hydrogen-bond donors (Lipinski definition) is 2. The number of aliphatic hydroxyl groups is 2. The minimum Gasteiger partial charge on any atom is -0.389 e. The standard InChI is InChI=1S/C15H20N2O2/c16-8-7-14(18)15(19)12-5-4-6-13(11-12)17-9-2-1-3-10-17/h4-6,11,14-15,18-19H,1-3,7,9-10H2. The third-order valence-corrected chi connectivity index (χ3v) is 3.60. The molecule has 0 aromatic heterocycles. The Balaban J connectivity index is 2.12. The number of rotatable bonds is 4. The van der Waals surface area contributed by atoms with Crippen molar-refractivity contribution in [3.8, 4) is 6.07 Å². The van der Waals surface area contributed by atoms with E-state index >= 15 is 0 Å². The third-order valence-electron chi connectivity index (χ3n) is 3.60. The molecule has 4 nitrogen and oxygen atoms in total. The molecule has 0 radical (unpaired) electrons. The van der Waals surface area contributed by atoms with Crippen LogP contribution in [-0.2, 0) is 0 Å². The van der Waals surface area contributed by atoms with Crippen molar-refractivity contribution in [2.24, 2.45) is 0 Å². The predicted molar refractivity (Wildman–Crippen MR) is 73.7 cm³/mol. The summed E-state index contributed by atoms with van der Waals surface area (Å²) in [6.45, 7) is 2.08. The Labute approximate surface area is 113 Å². The summed E-state index contributed by atoms with van der Waals surface area (Å²) in [5.41, 5.74) is 1.76. The molecule has 102 valence electrons. The Morgan fingerprint density at radius 3 is 2.63 bits per heavy atom. The third kappa shape index (κ3) is 3.46. The number of anilines is 1. The topological polar surface area (TPSA) is 67.5 Å². The van der Waals surface area contributed by atoms with Crippen LogP contribution in [-0.4, -0.2) is 29.4 Å². The Kier molecular flexibility index (Phi) is 4.78. The van der Waals surface area contributed by atoms with Crippen LogP contribution >= 0.6 is 0 Å². The Hall–Kier alpha value is -1.57. The second-order valence-corrected chi connectivity index (χ2v) is 5.02. The molecule has 1 aromatic carbocycles. The highest BCUT2D eigenvalue weighted by Crippen LogP contribution is 2.25. The summed E-state index contributed by atoms with van der Waals surface area (Å²) < 4.78 is 0. The van der Waals surface area contributed by atoms with Crippen LogP contribution in [0.25, 0.3) is 0 Å². The maximum Gasteiger partial charge on any atom is 0.106 e. The lowest BCUT2D eigenvalue weighted by molar-refractivity contribution is 0.0216. The van der Waals surface area contributed by atoms with Crippen LogP contribution in [0.15, 0.2) is 24.3 Å². The second kappa shape index (κ2) is 6.55. The zero-order valence-corrected chi connectivity index (χ0v) is 11.0. The monoisotopic (exact) mass is 260 g/mol. The maximum absolute atomic E-state index is 10.0. The summed E-state index contributed by atoms with van der Waals surface area (Å²) in [6, 6.07) is 9.50. The van der Waals surface area contributed by atoms with Gasteiger partial charge in [-0.25, -0.2) is 0 Å². The van der Waals surface area contributed by atoms with Gasteiger partial charge in [0.1, 0.15) is 6.10 Å². The smallest absolute Gasteiger partial charge is 0.106 e. The van der Waals surface area contributed by atoms with Crippen LogP contribution in [0.2, 0.25) is 0 Å². The summed E-state index contributed by atoms with van der Waals surface area (Å²) in [7, 11) is 0. The normalized spacial score (nSPS) is 18.7. The van der Waals surface area contributed by atoms with E-state index in [9.17, 15) is 10.2 Å². The Morgan fingerprint density at radius 1 is 1.21 bits per heavy atom. The van der Waals surface area contributed by atoms with Crippen molar-refractivity contribution in [3.63, 3.8) is 0 Å². The molecule has 0 aliphatic carbocycles. The minimum absolute atomic E-state index is 0.0604. The first kappa shape index (κ1) is 13.9. The van der Waals surface area contributed by atoms with Crippen LogP contribution in [0.3, 0.4) is 0 Å². The van der Waals surface area contributed by atoms with Crippen LogP contribution in [0.1, 0.15) is 37.4 Å². The molecule has 0 saturated carbocycles. The van der Waals surface area contributed by atoms with Crippen molar-refractivity contribution in [2.45, 2.75) is 37.9 Å². The van der Waals surface area contributed by atoms with Crippen LogP contribution in [0.4, 0.5) is 5.69 Å². The summed E-state index contributed by atoms with van der Waals surface area (Å²) in [5, 5.41) is 28.3. The van der Waals surface area contributed by atoms with Crippen molar-refractivity contribution < 1.29 is 10.2 Å². The van der Waals surface area contributed by atoms with Gasteiger partial charge in [0.25, 0.3) is 0 Å². The van der Waals surface area contributed by atoms with E-state index < -0.39 is 12.2 Å². The van der Waals surface area contributed by atoms with E-state index in [0.29, 0.717) is 5.56 Å².